The molecule has 2 heterocycles. The van der Waals surface area contributed by atoms with Crippen LogP contribution in [0.1, 0.15) is 19.4 Å². The van der Waals surface area contributed by atoms with Crippen molar-refractivity contribution in [3.05, 3.63) is 78.6 Å². The molecule has 0 radical (unpaired) electrons. The Morgan fingerprint density at radius 3 is 2.51 bits per heavy atom. The molecule has 1 aliphatic rings. The third kappa shape index (κ3) is 5.73. The van der Waals surface area contributed by atoms with Gasteiger partial charge >= 0.3 is 0 Å². The van der Waals surface area contributed by atoms with Gasteiger partial charge in [0.05, 0.1) is 6.61 Å². The number of aromatic nitrogens is 1. The fourth-order valence-electron chi connectivity index (χ4n) is 4.43. The number of rotatable bonds is 7. The van der Waals surface area contributed by atoms with Gasteiger partial charge in [-0.25, -0.2) is 8.42 Å². The van der Waals surface area contributed by atoms with Gasteiger partial charge in [-0.3, -0.25) is 9.88 Å². The molecule has 186 valence electrons. The first-order valence-corrected chi connectivity index (χ1v) is 13.3. The minimum Gasteiger partial charge on any atom is -0.487 e. The van der Waals surface area contributed by atoms with Crippen LogP contribution in [0.4, 0.5) is 0 Å². The summed E-state index contributed by atoms with van der Waals surface area (Å²) in [5.74, 6) is 0.230. The van der Waals surface area contributed by atoms with Gasteiger partial charge in [-0.15, -0.1) is 0 Å². The number of fused-ring (bicyclic) bond motifs is 1. The Kier molecular flexibility index (Phi) is 7.86. The number of sulfonamides is 1. The second kappa shape index (κ2) is 10.9. The molecule has 0 saturated heterocycles. The van der Waals surface area contributed by atoms with E-state index in [-0.39, 0.29) is 30.1 Å². The summed E-state index contributed by atoms with van der Waals surface area (Å²) in [6.07, 6.45) is 3.16. The quantitative estimate of drug-likeness (QED) is 0.539. The monoisotopic (exact) mass is 495 g/mol. The zero-order chi connectivity index (χ0) is 25.0. The first kappa shape index (κ1) is 25.3. The first-order chi connectivity index (χ1) is 16.8. The minimum atomic E-state index is -3.86. The number of benzene rings is 2. The van der Waals surface area contributed by atoms with Gasteiger partial charge in [0.15, 0.2) is 0 Å². The second-order valence-corrected chi connectivity index (χ2v) is 11.2. The van der Waals surface area contributed by atoms with Crippen molar-refractivity contribution < 1.29 is 18.3 Å². The van der Waals surface area contributed by atoms with Crippen LogP contribution in [-0.4, -0.2) is 66.6 Å². The van der Waals surface area contributed by atoms with Crippen LogP contribution in [0.3, 0.4) is 0 Å². The van der Waals surface area contributed by atoms with Gasteiger partial charge in [0.2, 0.25) is 10.0 Å². The largest absolute Gasteiger partial charge is 0.487 e. The van der Waals surface area contributed by atoms with Crippen molar-refractivity contribution in [1.29, 1.82) is 0 Å². The lowest BCUT2D eigenvalue weighted by atomic mass is 10.0. The molecule has 3 atom stereocenters. The predicted octanol–water partition coefficient (Wildman–Crippen LogP) is 3.65. The number of pyridine rings is 1. The lowest BCUT2D eigenvalue weighted by Gasteiger charge is -2.37. The third-order valence-corrected chi connectivity index (χ3v) is 8.49. The van der Waals surface area contributed by atoms with Crippen molar-refractivity contribution in [2.24, 2.45) is 5.92 Å². The van der Waals surface area contributed by atoms with Gasteiger partial charge in [0.1, 0.15) is 16.7 Å². The maximum atomic E-state index is 13.7. The Bertz CT molecular complexity index is 1220. The lowest BCUT2D eigenvalue weighted by molar-refractivity contribution is 0.0734. The molecule has 1 aliphatic heterocycles. The van der Waals surface area contributed by atoms with Crippen LogP contribution in [0.2, 0.25) is 0 Å². The van der Waals surface area contributed by atoms with Crippen molar-refractivity contribution in [2.75, 3.05) is 26.7 Å². The van der Waals surface area contributed by atoms with Crippen LogP contribution < -0.4 is 4.74 Å². The number of likely N-dealkylation sites (N-methyl/N-ethyl adjacent to an activating group) is 1. The van der Waals surface area contributed by atoms with E-state index in [1.54, 1.807) is 37.5 Å². The van der Waals surface area contributed by atoms with Crippen molar-refractivity contribution in [2.45, 2.75) is 37.4 Å². The molecule has 1 aromatic heterocycles. The lowest BCUT2D eigenvalue weighted by Crippen LogP contribution is -2.49. The van der Waals surface area contributed by atoms with Crippen LogP contribution in [0.5, 0.6) is 5.75 Å². The van der Waals surface area contributed by atoms with Gasteiger partial charge in [-0.2, -0.15) is 4.31 Å². The molecule has 0 amide bonds. The van der Waals surface area contributed by atoms with E-state index < -0.39 is 16.1 Å². The first-order valence-electron chi connectivity index (χ1n) is 11.9. The molecule has 4 rings (SSSR count). The van der Waals surface area contributed by atoms with Crippen LogP contribution in [-0.2, 0) is 16.6 Å². The van der Waals surface area contributed by atoms with E-state index in [9.17, 15) is 13.5 Å². The molecule has 0 spiro atoms. The molecule has 0 bridgehead atoms. The summed E-state index contributed by atoms with van der Waals surface area (Å²) in [5, 5.41) is 9.83. The Morgan fingerprint density at radius 2 is 1.83 bits per heavy atom. The summed E-state index contributed by atoms with van der Waals surface area (Å²) in [5.41, 5.74) is 2.98. The summed E-state index contributed by atoms with van der Waals surface area (Å²) in [6.45, 7) is 5.12. The zero-order valence-corrected chi connectivity index (χ0v) is 21.2. The molecule has 3 aromatic rings. The number of hydrogen-bond acceptors (Lipinski definition) is 6. The average Bonchev–Trinajstić information content (AvgIpc) is 2.86. The summed E-state index contributed by atoms with van der Waals surface area (Å²) in [7, 11) is -1.82. The number of aliphatic hydroxyl groups is 1. The number of nitrogens with zero attached hydrogens (tertiary/aromatic N) is 3. The minimum absolute atomic E-state index is 0.102. The van der Waals surface area contributed by atoms with Crippen LogP contribution in [0.15, 0.2) is 78.0 Å². The Hall–Kier alpha value is -2.78. The smallest absolute Gasteiger partial charge is 0.247 e. The van der Waals surface area contributed by atoms with Gasteiger partial charge in [0, 0.05) is 44.0 Å². The molecule has 35 heavy (non-hydrogen) atoms. The average molecular weight is 496 g/mol. The van der Waals surface area contributed by atoms with Gasteiger partial charge in [-0.1, -0.05) is 43.3 Å². The summed E-state index contributed by atoms with van der Waals surface area (Å²) in [4.78, 5) is 6.39. The molecule has 0 aliphatic carbocycles. The molecular weight excluding hydrogens is 462 g/mol. The zero-order valence-electron chi connectivity index (χ0n) is 20.4. The maximum absolute atomic E-state index is 13.7. The van der Waals surface area contributed by atoms with E-state index in [4.69, 9.17) is 4.74 Å². The Balaban J connectivity index is 1.72. The number of ether oxygens (including phenoxy) is 1. The molecule has 2 aromatic carbocycles. The highest BCUT2D eigenvalue weighted by molar-refractivity contribution is 7.89. The molecule has 7 nitrogen and oxygen atoms in total. The molecule has 1 N–H and O–H groups in total. The molecule has 0 fully saturated rings. The highest BCUT2D eigenvalue weighted by atomic mass is 32.2. The van der Waals surface area contributed by atoms with E-state index in [1.807, 2.05) is 44.3 Å². The van der Waals surface area contributed by atoms with Crippen molar-refractivity contribution in [3.63, 3.8) is 0 Å². The summed E-state index contributed by atoms with van der Waals surface area (Å²) >= 11 is 0. The fourth-order valence-corrected chi connectivity index (χ4v) is 6.26. The molecular formula is C27H33N3O4S. The van der Waals surface area contributed by atoms with E-state index in [0.717, 1.165) is 17.7 Å². The highest BCUT2D eigenvalue weighted by Crippen LogP contribution is 2.36. The van der Waals surface area contributed by atoms with E-state index >= 15 is 0 Å². The molecule has 8 heteroatoms. The normalized spacial score (nSPS) is 20.9. The summed E-state index contributed by atoms with van der Waals surface area (Å²) < 4.78 is 35.2. The van der Waals surface area contributed by atoms with Crippen LogP contribution in [0.25, 0.3) is 11.1 Å². The van der Waals surface area contributed by atoms with E-state index in [2.05, 4.69) is 22.0 Å². The third-order valence-electron chi connectivity index (χ3n) is 6.47. The summed E-state index contributed by atoms with van der Waals surface area (Å²) in [6, 6.07) is 18.6. The maximum Gasteiger partial charge on any atom is 0.247 e. The SMILES string of the molecule is C[C@@H]1CN([C@@H](C)CO)S(=O)(=O)c2ccc(-c3ccncc3)cc2O[C@@H]1CN(C)Cc1ccccc1. The topological polar surface area (TPSA) is 83.0 Å². The number of aliphatic hydroxyl groups excluding tert-OH is 1. The molecule has 0 saturated carbocycles. The van der Waals surface area contributed by atoms with Gasteiger partial charge < -0.3 is 9.84 Å². The van der Waals surface area contributed by atoms with E-state index in [1.165, 1.54) is 9.87 Å². The van der Waals surface area contributed by atoms with Crippen LogP contribution >= 0.6 is 0 Å². The fraction of sp³-hybridized carbons (Fsp3) is 0.370. The number of hydrogen-bond donors (Lipinski definition) is 1. The van der Waals surface area contributed by atoms with Gasteiger partial charge in [0.25, 0.3) is 0 Å². The van der Waals surface area contributed by atoms with Crippen molar-refractivity contribution in [1.82, 2.24) is 14.2 Å². The second-order valence-electron chi connectivity index (χ2n) is 9.32. The van der Waals surface area contributed by atoms with Crippen LogP contribution in [0, 0.1) is 5.92 Å². The Labute approximate surface area is 208 Å². The van der Waals surface area contributed by atoms with E-state index in [0.29, 0.717) is 12.3 Å². The van der Waals surface area contributed by atoms with Crippen molar-refractivity contribution >= 4 is 10.0 Å². The molecule has 0 unspecified atom stereocenters. The Morgan fingerprint density at radius 1 is 1.11 bits per heavy atom. The standard InChI is InChI=1S/C27H33N3O4S/c1-20-16-30(21(2)19-31)35(32,33)27-10-9-24(23-11-13-28-14-12-23)15-25(27)34-26(20)18-29(3)17-22-7-5-4-6-8-22/h4-15,20-21,26,31H,16-19H2,1-3H3/t20-,21+,26-/m1/s1. The van der Waals surface area contributed by atoms with Crippen molar-refractivity contribution in [3.8, 4) is 16.9 Å². The predicted molar refractivity (Wildman–Crippen MR) is 136 cm³/mol. The highest BCUT2D eigenvalue weighted by Gasteiger charge is 2.38. The van der Waals surface area contributed by atoms with Gasteiger partial charge in [-0.05, 0) is 54.9 Å².